The van der Waals surface area contributed by atoms with Gasteiger partial charge in [-0.3, -0.25) is 4.79 Å². The fourth-order valence-electron chi connectivity index (χ4n) is 3.01. The highest BCUT2D eigenvalue weighted by atomic mass is 32.2. The lowest BCUT2D eigenvalue weighted by molar-refractivity contribution is -0.113. The van der Waals surface area contributed by atoms with Crippen LogP contribution in [0.4, 0.5) is 5.69 Å². The molecule has 0 unspecified atom stereocenters. The zero-order chi connectivity index (χ0) is 22.5. The lowest BCUT2D eigenvalue weighted by Crippen LogP contribution is -2.14. The summed E-state index contributed by atoms with van der Waals surface area (Å²) in [5, 5.41) is 3.58. The number of hydrogen-bond acceptors (Lipinski definition) is 9. The van der Waals surface area contributed by atoms with E-state index in [0.717, 1.165) is 27.2 Å². The Kier molecular flexibility index (Phi) is 6.72. The van der Waals surface area contributed by atoms with Crippen LogP contribution in [0.25, 0.3) is 21.5 Å². The Morgan fingerprint density at radius 3 is 2.47 bits per heavy atom. The third-order valence-electron chi connectivity index (χ3n) is 4.61. The van der Waals surface area contributed by atoms with Gasteiger partial charge in [0.1, 0.15) is 44.5 Å². The predicted molar refractivity (Wildman–Crippen MR) is 126 cm³/mol. The maximum Gasteiger partial charge on any atom is 0.234 e. The second kappa shape index (κ2) is 9.84. The van der Waals surface area contributed by atoms with Crippen LogP contribution in [0.3, 0.4) is 0 Å². The van der Waals surface area contributed by atoms with Gasteiger partial charge in [-0.15, -0.1) is 0 Å². The Hall–Kier alpha value is -3.37. The van der Waals surface area contributed by atoms with E-state index in [1.54, 1.807) is 39.5 Å². The quantitative estimate of drug-likeness (QED) is 0.298. The number of amides is 1. The number of aromatic nitrogens is 3. The van der Waals surface area contributed by atoms with E-state index in [9.17, 15) is 4.79 Å². The van der Waals surface area contributed by atoms with Crippen LogP contribution in [-0.4, -0.2) is 47.3 Å². The van der Waals surface area contributed by atoms with Crippen molar-refractivity contribution in [3.05, 3.63) is 48.8 Å². The molecule has 0 radical (unpaired) electrons. The van der Waals surface area contributed by atoms with Crippen LogP contribution in [0, 0.1) is 0 Å². The summed E-state index contributed by atoms with van der Waals surface area (Å²) in [7, 11) is 4.75. The second-order valence-electron chi connectivity index (χ2n) is 6.52. The first-order valence-corrected chi connectivity index (χ1v) is 11.3. The Labute approximate surface area is 193 Å². The number of rotatable bonds is 8. The molecule has 0 aliphatic rings. The summed E-state index contributed by atoms with van der Waals surface area (Å²) < 4.78 is 21.2. The minimum absolute atomic E-state index is 0.176. The first kappa shape index (κ1) is 21.8. The van der Waals surface area contributed by atoms with Crippen molar-refractivity contribution in [1.82, 2.24) is 14.3 Å². The fraction of sp³-hybridized carbons (Fsp3) is 0.182. The van der Waals surface area contributed by atoms with Crippen molar-refractivity contribution in [2.75, 3.05) is 32.4 Å². The number of thioether (sulfide) groups is 1. The molecule has 0 bridgehead atoms. The number of methoxy groups -OCH3 is 3. The second-order valence-corrected chi connectivity index (χ2v) is 8.26. The number of nitrogens with zero attached hydrogens (tertiary/aromatic N) is 3. The molecule has 8 nitrogen and oxygen atoms in total. The molecule has 0 atom stereocenters. The van der Waals surface area contributed by atoms with Crippen molar-refractivity contribution < 1.29 is 19.0 Å². The highest BCUT2D eigenvalue weighted by Gasteiger charge is 2.16. The van der Waals surface area contributed by atoms with Crippen molar-refractivity contribution >= 4 is 45.1 Å². The van der Waals surface area contributed by atoms with Gasteiger partial charge in [0.2, 0.25) is 5.91 Å². The third-order valence-corrected chi connectivity index (χ3v) is 6.57. The van der Waals surface area contributed by atoms with Gasteiger partial charge in [0, 0.05) is 11.6 Å². The highest BCUT2D eigenvalue weighted by Crippen LogP contribution is 2.35. The van der Waals surface area contributed by atoms with Gasteiger partial charge in [-0.1, -0.05) is 11.8 Å². The van der Waals surface area contributed by atoms with Crippen molar-refractivity contribution in [1.29, 1.82) is 0 Å². The lowest BCUT2D eigenvalue weighted by Gasteiger charge is -2.11. The molecule has 0 saturated carbocycles. The van der Waals surface area contributed by atoms with Crippen molar-refractivity contribution in [2.45, 2.75) is 5.03 Å². The summed E-state index contributed by atoms with van der Waals surface area (Å²) in [5.74, 6) is 1.95. The molecule has 0 spiro atoms. The van der Waals surface area contributed by atoms with Crippen LogP contribution in [0.15, 0.2) is 53.8 Å². The van der Waals surface area contributed by atoms with E-state index in [1.165, 1.54) is 29.6 Å². The van der Waals surface area contributed by atoms with Gasteiger partial charge < -0.3 is 19.5 Å². The maximum absolute atomic E-state index is 12.5. The minimum Gasteiger partial charge on any atom is -0.497 e. The zero-order valence-electron chi connectivity index (χ0n) is 17.6. The molecule has 1 amide bonds. The maximum atomic E-state index is 12.5. The molecule has 0 fully saturated rings. The minimum atomic E-state index is -0.176. The molecule has 2 aromatic carbocycles. The fourth-order valence-corrected chi connectivity index (χ4v) is 4.73. The summed E-state index contributed by atoms with van der Waals surface area (Å²) in [6.07, 6.45) is 1.50. The van der Waals surface area contributed by atoms with E-state index >= 15 is 0 Å². The van der Waals surface area contributed by atoms with Gasteiger partial charge in [-0.05, 0) is 47.9 Å². The molecule has 164 valence electrons. The molecule has 0 saturated heterocycles. The Bertz CT molecular complexity index is 1240. The van der Waals surface area contributed by atoms with Crippen molar-refractivity contribution in [3.8, 4) is 28.5 Å². The molecule has 0 aliphatic heterocycles. The highest BCUT2D eigenvalue weighted by molar-refractivity contribution is 8.00. The summed E-state index contributed by atoms with van der Waals surface area (Å²) in [5.41, 5.74) is 3.06. The zero-order valence-corrected chi connectivity index (χ0v) is 19.3. The summed E-state index contributed by atoms with van der Waals surface area (Å²) in [6, 6.07) is 12.9. The number of benzene rings is 2. The first-order chi connectivity index (χ1) is 15.6. The Balaban J connectivity index is 1.49. The number of ether oxygens (including phenoxy) is 3. The number of nitrogens with one attached hydrogen (secondary N) is 1. The van der Waals surface area contributed by atoms with Gasteiger partial charge in [-0.25, -0.2) is 9.97 Å². The molecule has 4 rings (SSSR count). The molecule has 2 aromatic heterocycles. The Morgan fingerprint density at radius 2 is 1.75 bits per heavy atom. The smallest absolute Gasteiger partial charge is 0.234 e. The largest absolute Gasteiger partial charge is 0.497 e. The molecule has 4 aromatic rings. The molecule has 1 N–H and O–H groups in total. The number of carbonyl (C=O) groups excluding carboxylic acids is 1. The van der Waals surface area contributed by atoms with Gasteiger partial charge in [0.25, 0.3) is 0 Å². The number of hydrogen-bond donors (Lipinski definition) is 1. The first-order valence-electron chi connectivity index (χ1n) is 9.52. The lowest BCUT2D eigenvalue weighted by atomic mass is 10.1. The van der Waals surface area contributed by atoms with E-state index in [2.05, 4.69) is 19.7 Å². The molecular weight excluding hydrogens is 448 g/mol. The van der Waals surface area contributed by atoms with Gasteiger partial charge in [0.05, 0.1) is 32.8 Å². The van der Waals surface area contributed by atoms with Crippen LogP contribution < -0.4 is 19.5 Å². The van der Waals surface area contributed by atoms with E-state index in [4.69, 9.17) is 14.2 Å². The monoisotopic (exact) mass is 468 g/mol. The van der Waals surface area contributed by atoms with Crippen LogP contribution in [-0.2, 0) is 4.79 Å². The van der Waals surface area contributed by atoms with Crippen LogP contribution in [0.5, 0.6) is 17.2 Å². The normalized spacial score (nSPS) is 10.7. The SMILES string of the molecule is COc1ccc(-c2nsc3c(SCC(=O)Nc4ccc(OC)cc4OC)ncnc23)cc1. The molecule has 32 heavy (non-hydrogen) atoms. The number of carbonyl (C=O) groups is 1. The average Bonchev–Trinajstić information content (AvgIpc) is 3.28. The molecule has 10 heteroatoms. The van der Waals surface area contributed by atoms with Crippen LogP contribution >= 0.6 is 23.3 Å². The van der Waals surface area contributed by atoms with E-state index in [0.29, 0.717) is 22.2 Å². The summed E-state index contributed by atoms with van der Waals surface area (Å²) >= 11 is 2.65. The topological polar surface area (TPSA) is 95.5 Å². The number of fused-ring (bicyclic) bond motifs is 1. The molecule has 2 heterocycles. The average molecular weight is 469 g/mol. The predicted octanol–water partition coefficient (Wildman–Crippen LogP) is 4.51. The van der Waals surface area contributed by atoms with Crippen molar-refractivity contribution in [2.24, 2.45) is 0 Å². The van der Waals surface area contributed by atoms with E-state index in [-0.39, 0.29) is 11.7 Å². The van der Waals surface area contributed by atoms with Gasteiger partial charge in [-0.2, -0.15) is 4.37 Å². The third kappa shape index (κ3) is 4.61. The molecular formula is C22H20N4O4S2. The van der Waals surface area contributed by atoms with Crippen molar-refractivity contribution in [3.63, 3.8) is 0 Å². The van der Waals surface area contributed by atoms with Crippen LogP contribution in [0.2, 0.25) is 0 Å². The van der Waals surface area contributed by atoms with E-state index in [1.807, 2.05) is 24.3 Å². The summed E-state index contributed by atoms with van der Waals surface area (Å²) in [4.78, 5) is 21.3. The standard InChI is InChI=1S/C22H20N4O4S2/c1-28-14-6-4-13(5-7-14)19-20-21(32-26-19)22(24-12-23-20)31-11-18(27)25-16-9-8-15(29-2)10-17(16)30-3/h4-10,12H,11H2,1-3H3,(H,25,27). The van der Waals surface area contributed by atoms with Gasteiger partial charge >= 0.3 is 0 Å². The Morgan fingerprint density at radius 1 is 1.00 bits per heavy atom. The number of anilines is 1. The summed E-state index contributed by atoms with van der Waals surface area (Å²) in [6.45, 7) is 0. The van der Waals surface area contributed by atoms with Crippen LogP contribution in [0.1, 0.15) is 0 Å². The van der Waals surface area contributed by atoms with Gasteiger partial charge in [0.15, 0.2) is 0 Å². The van der Waals surface area contributed by atoms with E-state index < -0.39 is 0 Å². The molecule has 0 aliphatic carbocycles.